The summed E-state index contributed by atoms with van der Waals surface area (Å²) in [6.45, 7) is 35.5. The number of carbonyl (C=O) groups is 4. The predicted molar refractivity (Wildman–Crippen MR) is 472 cm³/mol. The maximum atomic E-state index is 15.8. The normalized spacial score (nSPS) is 19.9. The number of alkyl halides is 3. The van der Waals surface area contributed by atoms with Crippen molar-refractivity contribution in [2.45, 2.75) is 126 Å². The van der Waals surface area contributed by atoms with Crippen LogP contribution < -0.4 is 50.7 Å². The Labute approximate surface area is 719 Å². The van der Waals surface area contributed by atoms with Crippen LogP contribution >= 0.6 is 0 Å². The highest BCUT2D eigenvalue weighted by Gasteiger charge is 2.39. The van der Waals surface area contributed by atoms with Crippen molar-refractivity contribution < 1.29 is 59.7 Å². The number of likely N-dealkylation sites (N-methyl/N-ethyl adjacent to an activating group) is 3. The number of hydrogen-bond acceptors (Lipinski definition) is 23. The predicted octanol–water partition coefficient (Wildman–Crippen LogP) is 13.6. The number of carbonyl (C=O) groups excluding carboxylic acids is 4. The van der Waals surface area contributed by atoms with E-state index in [4.69, 9.17) is 14.2 Å². The Kier molecular flexibility index (Phi) is 28.5. The second-order valence-corrected chi connectivity index (χ2v) is 33.2. The Morgan fingerprint density at radius 2 is 0.694 bits per heavy atom. The van der Waals surface area contributed by atoms with Crippen molar-refractivity contribution in [2.75, 3.05) is 190 Å². The van der Waals surface area contributed by atoms with Gasteiger partial charge in [-0.05, 0) is 192 Å². The van der Waals surface area contributed by atoms with Crippen LogP contribution in [0.25, 0.3) is 33.4 Å². The lowest BCUT2D eigenvalue weighted by Gasteiger charge is -2.44. The quantitative estimate of drug-likeness (QED) is 0.0655. The molecule has 6 atom stereocenters. The van der Waals surface area contributed by atoms with Gasteiger partial charge in [-0.25, -0.2) is 48.1 Å². The average Bonchev–Trinajstić information content (AvgIpc) is 0.779. The van der Waals surface area contributed by atoms with E-state index in [1.807, 2.05) is 88.7 Å². The van der Waals surface area contributed by atoms with Gasteiger partial charge in [0.15, 0.2) is 0 Å². The number of nitrogens with zero attached hydrogens (tertiary/aromatic N) is 16. The lowest BCUT2D eigenvalue weighted by Crippen LogP contribution is -2.55. The zero-order valence-corrected chi connectivity index (χ0v) is 72.9. The summed E-state index contributed by atoms with van der Waals surface area (Å²) >= 11 is 0. The fourth-order valence-electron chi connectivity index (χ4n) is 16.1. The first-order valence-electron chi connectivity index (χ1n) is 42.0. The van der Waals surface area contributed by atoms with Crippen molar-refractivity contribution in [2.24, 2.45) is 0 Å². The SMILES string of the molecule is CC(=O)Nc1cc(C(F)(F)F)c(C(=O)Nc2cc(-c3cnc(N4CCOCC4)nc3)c(F)cc2N2C[C@@H](C)N(C)[C@@H](C)C2)cn1.Cc1cc(C(=O)Nc2cc(-c3cnc(N4CCOCC4)nc3)c(F)cc2N2C[C@@H](C)N(C)[C@@H](C)C2)cc(C)c1C.Cc1ccc(C(=O)Nc2cc(-c3cnc(N4CCOCC4)nc3)c(F)cc2N2C[C@@H](C)N(C)[C@@H](C)C2)cc1C. The summed E-state index contributed by atoms with van der Waals surface area (Å²) in [4.78, 5) is 102. The van der Waals surface area contributed by atoms with E-state index in [0.717, 1.165) is 87.7 Å². The Hall–Kier alpha value is -11.5. The van der Waals surface area contributed by atoms with Gasteiger partial charge in [-0.15, -0.1) is 0 Å². The molecule has 33 heteroatoms. The standard InChI is InChI=1S/C31H39FN6O2.C30H34F4N8O3.C30H37FN6O2/c1-19-11-24(12-20(2)23(19)5)30(39)35-28-13-26(25-15-33-31(34-16-25)37-7-9-40-10-8-37)27(32)14-29(28)38-17-21(3)36(6)22(4)18-38;1-17-15-42(16-18(2)40(17)4)26-11-24(31)21(20-12-36-29(37-13-20)41-5-7-45-8-6-41)9-25(26)39-28(44)22-14-35-27(38-19(3)43)10-23(22)30(32,33)34;1-19-6-7-23(12-20(19)2)29(38)34-27-13-25(24-15-32-30(33-16-24)36-8-10-39-11-9-36)26(31)14-28(27)37-17-21(3)35(5)22(4)18-37/h11-16,21-22H,7-10,17-18H2,1-6H3,(H,35,39);9-14,17-18H,5-8,15-16H2,1-4H3,(H,39,44)(H,35,38,43);6-7,12-16,21-22H,8-11,17-18H2,1-5H3,(H,34,38)/t21-,22+;17-,18+;21-,22+. The number of piperazine rings is 3. The number of aryl methyl sites for hydroxylation is 4. The van der Waals surface area contributed by atoms with E-state index in [-0.39, 0.29) is 76.8 Å². The molecule has 0 saturated carbocycles. The third-order valence-electron chi connectivity index (χ3n) is 24.5. The summed E-state index contributed by atoms with van der Waals surface area (Å²) in [5.74, 6) is -2.22. The molecule has 27 nitrogen and oxygen atoms in total. The molecule has 6 saturated heterocycles. The van der Waals surface area contributed by atoms with Crippen molar-refractivity contribution in [1.82, 2.24) is 49.6 Å². The number of anilines is 10. The summed E-state index contributed by atoms with van der Waals surface area (Å²) < 4.78 is 106. The summed E-state index contributed by atoms with van der Waals surface area (Å²) in [6.07, 6.45) is 5.34. The number of halogens is 6. The van der Waals surface area contributed by atoms with Gasteiger partial charge in [-0.3, -0.25) is 33.9 Å². The van der Waals surface area contributed by atoms with E-state index in [0.29, 0.717) is 157 Å². The smallest absolute Gasteiger partial charge is 0.378 e. The molecule has 15 rings (SSSR count). The number of nitrogens with one attached hydrogen (secondary N) is 4. The van der Waals surface area contributed by atoms with Crippen LogP contribution in [0.1, 0.15) is 113 Å². The van der Waals surface area contributed by atoms with Crippen LogP contribution in [0.15, 0.2) is 116 Å². The molecule has 5 aromatic carbocycles. The second-order valence-electron chi connectivity index (χ2n) is 33.2. The van der Waals surface area contributed by atoms with Crippen molar-refractivity contribution in [3.63, 3.8) is 0 Å². The van der Waals surface area contributed by atoms with Gasteiger partial charge < -0.3 is 64.9 Å². The van der Waals surface area contributed by atoms with Gasteiger partial charge in [-0.1, -0.05) is 6.07 Å². The van der Waals surface area contributed by atoms with Gasteiger partial charge in [-0.2, -0.15) is 13.2 Å². The Balaban J connectivity index is 0.000000160. The van der Waals surface area contributed by atoms with Crippen LogP contribution in [0.4, 0.5) is 84.1 Å². The highest BCUT2D eigenvalue weighted by molar-refractivity contribution is 6.09. The second kappa shape index (κ2) is 39.1. The van der Waals surface area contributed by atoms with E-state index < -0.39 is 34.9 Å². The lowest BCUT2D eigenvalue weighted by molar-refractivity contribution is -0.138. The molecule has 6 aliphatic rings. The molecule has 0 aliphatic carbocycles. The number of benzene rings is 5. The Morgan fingerprint density at radius 3 is 1.01 bits per heavy atom. The zero-order valence-electron chi connectivity index (χ0n) is 72.9. The van der Waals surface area contributed by atoms with Gasteiger partial charge in [0.05, 0.1) is 84.9 Å². The molecule has 4 N–H and O–H groups in total. The number of ether oxygens (including phenoxy) is 3. The third kappa shape index (κ3) is 21.1. The van der Waals surface area contributed by atoms with Crippen LogP contribution in [0, 0.1) is 52.1 Å². The number of aromatic nitrogens is 7. The molecule has 6 fully saturated rings. The summed E-state index contributed by atoms with van der Waals surface area (Å²) in [6, 6.07) is 20.5. The summed E-state index contributed by atoms with van der Waals surface area (Å²) in [5.41, 5.74) is 9.65. The molecule has 658 valence electrons. The monoisotopic (exact) mass is 1710 g/mol. The summed E-state index contributed by atoms with van der Waals surface area (Å²) in [7, 11) is 6.21. The molecule has 0 spiro atoms. The van der Waals surface area contributed by atoms with Crippen molar-refractivity contribution in [3.8, 4) is 33.4 Å². The van der Waals surface area contributed by atoms with Crippen LogP contribution in [0.3, 0.4) is 0 Å². The molecular formula is C91H110F6N20O7. The van der Waals surface area contributed by atoms with Gasteiger partial charge in [0.1, 0.15) is 23.3 Å². The molecule has 0 radical (unpaired) electrons. The van der Waals surface area contributed by atoms with Crippen molar-refractivity contribution >= 4 is 81.4 Å². The molecule has 4 aromatic heterocycles. The lowest BCUT2D eigenvalue weighted by atomic mass is 10.00. The first kappa shape index (κ1) is 90.2. The van der Waals surface area contributed by atoms with Gasteiger partial charge in [0, 0.05) is 210 Å². The van der Waals surface area contributed by atoms with E-state index in [9.17, 15) is 32.3 Å². The van der Waals surface area contributed by atoms with Crippen molar-refractivity contribution in [1.29, 1.82) is 0 Å². The van der Waals surface area contributed by atoms with E-state index in [1.165, 1.54) is 42.2 Å². The highest BCUT2D eigenvalue weighted by atomic mass is 19.4. The van der Waals surface area contributed by atoms with Gasteiger partial charge >= 0.3 is 6.18 Å². The Morgan fingerprint density at radius 1 is 0.379 bits per heavy atom. The molecule has 0 bridgehead atoms. The molecule has 6 aliphatic heterocycles. The average molecular weight is 1710 g/mol. The minimum Gasteiger partial charge on any atom is -0.378 e. The fraction of sp³-hybridized carbons (Fsp3) is 0.440. The maximum absolute atomic E-state index is 15.8. The molecule has 0 unspecified atom stereocenters. The molecule has 4 amide bonds. The number of pyridine rings is 1. The van der Waals surface area contributed by atoms with E-state index in [1.54, 1.807) is 36.9 Å². The van der Waals surface area contributed by atoms with Crippen LogP contribution in [-0.4, -0.2) is 249 Å². The van der Waals surface area contributed by atoms with Crippen molar-refractivity contribution in [3.05, 3.63) is 184 Å². The number of morpholine rings is 3. The first-order valence-corrected chi connectivity index (χ1v) is 42.0. The largest absolute Gasteiger partial charge is 0.417 e. The zero-order chi connectivity index (χ0) is 88.7. The fourth-order valence-corrected chi connectivity index (χ4v) is 16.1. The molecule has 10 heterocycles. The van der Waals surface area contributed by atoms with Gasteiger partial charge in [0.2, 0.25) is 23.8 Å². The molecule has 9 aromatic rings. The maximum Gasteiger partial charge on any atom is 0.417 e. The number of rotatable bonds is 16. The summed E-state index contributed by atoms with van der Waals surface area (Å²) in [5, 5.41) is 11.0. The number of hydrogen-bond donors (Lipinski definition) is 4. The van der Waals surface area contributed by atoms with E-state index >= 15 is 13.2 Å². The van der Waals surface area contributed by atoms with Crippen LogP contribution in [0.2, 0.25) is 0 Å². The molecule has 124 heavy (non-hydrogen) atoms. The molecular weight excluding hydrogens is 1600 g/mol. The number of amides is 4. The highest BCUT2D eigenvalue weighted by Crippen LogP contribution is 2.42. The van der Waals surface area contributed by atoms with Crippen LogP contribution in [0.5, 0.6) is 0 Å². The van der Waals surface area contributed by atoms with Gasteiger partial charge in [0.25, 0.3) is 17.7 Å². The first-order chi connectivity index (χ1) is 59.1. The topological polar surface area (TPSA) is 263 Å². The minimum absolute atomic E-state index is 0.0629. The van der Waals surface area contributed by atoms with Crippen LogP contribution in [-0.2, 0) is 25.2 Å². The third-order valence-corrected chi connectivity index (χ3v) is 24.5. The minimum atomic E-state index is -4.93. The van der Waals surface area contributed by atoms with E-state index in [2.05, 4.69) is 139 Å². The Bertz CT molecular complexity index is 5270.